The smallest absolute Gasteiger partial charge is 0.270 e. The quantitative estimate of drug-likeness (QED) is 0.888. The lowest BCUT2D eigenvalue weighted by Gasteiger charge is -2.12. The number of carbonyl (C=O) groups is 1. The summed E-state index contributed by atoms with van der Waals surface area (Å²) < 4.78 is 5.12. The molecule has 3 rings (SSSR count). The Morgan fingerprint density at radius 2 is 1.91 bits per heavy atom. The van der Waals surface area contributed by atoms with Gasteiger partial charge in [0.15, 0.2) is 0 Å². The van der Waals surface area contributed by atoms with Crippen molar-refractivity contribution in [1.29, 1.82) is 0 Å². The maximum absolute atomic E-state index is 12.2. The highest BCUT2D eigenvalue weighted by Crippen LogP contribution is 2.19. The lowest BCUT2D eigenvalue weighted by molar-refractivity contribution is 0.0933. The molecule has 1 aromatic heterocycles. The monoisotopic (exact) mass is 312 g/mol. The minimum absolute atomic E-state index is 0.142. The van der Waals surface area contributed by atoms with Crippen LogP contribution in [0.25, 0.3) is 0 Å². The summed E-state index contributed by atoms with van der Waals surface area (Å²) in [5, 5.41) is 6.11. The molecule has 1 amide bonds. The molecule has 1 aliphatic rings. The van der Waals surface area contributed by atoms with Gasteiger partial charge in [-0.1, -0.05) is 12.8 Å². The molecule has 0 bridgehead atoms. The second-order valence-electron chi connectivity index (χ2n) is 5.57. The number of methoxy groups -OCH3 is 1. The van der Waals surface area contributed by atoms with Crippen LogP contribution in [0, 0.1) is 0 Å². The molecule has 0 radical (unpaired) electrons. The highest BCUT2D eigenvalue weighted by Gasteiger charge is 2.18. The predicted molar refractivity (Wildman–Crippen MR) is 88.0 cm³/mol. The molecule has 6 nitrogen and oxygen atoms in total. The Hall–Kier alpha value is -2.63. The Morgan fingerprint density at radius 3 is 2.61 bits per heavy atom. The summed E-state index contributed by atoms with van der Waals surface area (Å²) in [6, 6.07) is 9.33. The van der Waals surface area contributed by atoms with Gasteiger partial charge in [-0.2, -0.15) is 0 Å². The van der Waals surface area contributed by atoms with Crippen molar-refractivity contribution in [2.24, 2.45) is 0 Å². The largest absolute Gasteiger partial charge is 0.497 e. The Labute approximate surface area is 135 Å². The van der Waals surface area contributed by atoms with Gasteiger partial charge in [0.1, 0.15) is 11.4 Å². The summed E-state index contributed by atoms with van der Waals surface area (Å²) in [6.07, 6.45) is 6.04. The second-order valence-corrected chi connectivity index (χ2v) is 5.57. The first-order valence-corrected chi connectivity index (χ1v) is 7.79. The van der Waals surface area contributed by atoms with Crippen LogP contribution in [-0.4, -0.2) is 29.0 Å². The highest BCUT2D eigenvalue weighted by atomic mass is 16.5. The minimum atomic E-state index is -0.142. The van der Waals surface area contributed by atoms with Crippen molar-refractivity contribution in [2.45, 2.75) is 31.7 Å². The Morgan fingerprint density at radius 1 is 1.17 bits per heavy atom. The zero-order valence-corrected chi connectivity index (χ0v) is 13.1. The predicted octanol–water partition coefficient (Wildman–Crippen LogP) is 2.90. The average Bonchev–Trinajstić information content (AvgIpc) is 3.09. The van der Waals surface area contributed by atoms with Crippen molar-refractivity contribution >= 4 is 17.5 Å². The molecule has 1 saturated carbocycles. The minimum Gasteiger partial charge on any atom is -0.497 e. The number of hydrogen-bond donors (Lipinski definition) is 2. The van der Waals surface area contributed by atoms with Crippen LogP contribution in [0.3, 0.4) is 0 Å². The van der Waals surface area contributed by atoms with Gasteiger partial charge in [-0.05, 0) is 43.2 Å². The Balaban J connectivity index is 1.67. The molecule has 0 spiro atoms. The maximum atomic E-state index is 12.2. The van der Waals surface area contributed by atoms with Crippen LogP contribution in [0.4, 0.5) is 11.6 Å². The third-order valence-electron chi connectivity index (χ3n) is 3.92. The molecule has 23 heavy (non-hydrogen) atoms. The fourth-order valence-corrected chi connectivity index (χ4v) is 2.68. The maximum Gasteiger partial charge on any atom is 0.270 e. The van der Waals surface area contributed by atoms with Gasteiger partial charge in [-0.15, -0.1) is 0 Å². The number of benzene rings is 1. The number of amides is 1. The summed E-state index contributed by atoms with van der Waals surface area (Å²) in [4.78, 5) is 20.7. The number of hydrogen-bond acceptors (Lipinski definition) is 5. The van der Waals surface area contributed by atoms with E-state index in [0.717, 1.165) is 24.3 Å². The van der Waals surface area contributed by atoms with Crippen LogP contribution in [0.5, 0.6) is 5.75 Å². The summed E-state index contributed by atoms with van der Waals surface area (Å²) in [5.74, 6) is 1.03. The fraction of sp³-hybridized carbons (Fsp3) is 0.353. The van der Waals surface area contributed by atoms with Gasteiger partial charge in [0.25, 0.3) is 5.91 Å². The number of nitrogens with one attached hydrogen (secondary N) is 2. The molecular weight excluding hydrogens is 292 g/mol. The van der Waals surface area contributed by atoms with E-state index in [1.165, 1.54) is 12.8 Å². The normalized spacial score (nSPS) is 14.5. The van der Waals surface area contributed by atoms with E-state index in [9.17, 15) is 4.79 Å². The third-order valence-corrected chi connectivity index (χ3v) is 3.92. The third kappa shape index (κ3) is 3.97. The lowest BCUT2D eigenvalue weighted by Crippen LogP contribution is -2.33. The van der Waals surface area contributed by atoms with Gasteiger partial charge < -0.3 is 15.4 Å². The second kappa shape index (κ2) is 7.09. The van der Waals surface area contributed by atoms with Crippen molar-refractivity contribution in [2.75, 3.05) is 12.4 Å². The van der Waals surface area contributed by atoms with E-state index >= 15 is 0 Å². The van der Waals surface area contributed by atoms with Crippen LogP contribution in [-0.2, 0) is 0 Å². The molecule has 0 aliphatic heterocycles. The molecular formula is C17H20N4O2. The topological polar surface area (TPSA) is 76.1 Å². The fourth-order valence-electron chi connectivity index (χ4n) is 2.68. The van der Waals surface area contributed by atoms with E-state index in [1.54, 1.807) is 19.4 Å². The Bertz CT molecular complexity index is 667. The number of anilines is 2. The number of nitrogens with zero attached hydrogens (tertiary/aromatic N) is 2. The first-order chi connectivity index (χ1) is 11.2. The molecule has 0 saturated heterocycles. The lowest BCUT2D eigenvalue weighted by atomic mass is 10.2. The molecule has 6 heteroatoms. The molecule has 1 fully saturated rings. The van der Waals surface area contributed by atoms with Gasteiger partial charge in [-0.3, -0.25) is 4.79 Å². The number of rotatable bonds is 5. The molecule has 1 aromatic carbocycles. The number of aromatic nitrogens is 2. The highest BCUT2D eigenvalue weighted by molar-refractivity contribution is 5.92. The van der Waals surface area contributed by atoms with Crippen LogP contribution in [0.15, 0.2) is 36.5 Å². The van der Waals surface area contributed by atoms with Crippen LogP contribution in [0.1, 0.15) is 36.2 Å². The molecule has 120 valence electrons. The van der Waals surface area contributed by atoms with Crippen LogP contribution >= 0.6 is 0 Å². The summed E-state index contributed by atoms with van der Waals surface area (Å²) >= 11 is 0. The number of carbonyl (C=O) groups excluding carboxylic acids is 1. The van der Waals surface area contributed by atoms with Crippen molar-refractivity contribution < 1.29 is 9.53 Å². The van der Waals surface area contributed by atoms with Gasteiger partial charge in [0.05, 0.1) is 7.11 Å². The van der Waals surface area contributed by atoms with E-state index in [2.05, 4.69) is 20.6 Å². The van der Waals surface area contributed by atoms with E-state index in [-0.39, 0.29) is 11.9 Å². The standard InChI is InChI=1S/C17H20N4O2/c1-23-14-8-6-13(7-9-14)20-17-18-11-10-15(21-17)16(22)19-12-4-2-3-5-12/h6-12H,2-5H2,1H3,(H,19,22)(H,18,20,21). The van der Waals surface area contributed by atoms with Crippen molar-refractivity contribution in [3.8, 4) is 5.75 Å². The molecule has 0 unspecified atom stereocenters. The molecule has 2 N–H and O–H groups in total. The van der Waals surface area contributed by atoms with E-state index < -0.39 is 0 Å². The molecule has 1 heterocycles. The van der Waals surface area contributed by atoms with Crippen LogP contribution in [0.2, 0.25) is 0 Å². The number of ether oxygens (including phenoxy) is 1. The first kappa shape index (κ1) is 15.3. The van der Waals surface area contributed by atoms with Gasteiger partial charge >= 0.3 is 0 Å². The molecule has 0 atom stereocenters. The Kier molecular flexibility index (Phi) is 4.71. The molecule has 1 aliphatic carbocycles. The first-order valence-electron chi connectivity index (χ1n) is 7.79. The van der Waals surface area contributed by atoms with Gasteiger partial charge in [-0.25, -0.2) is 9.97 Å². The van der Waals surface area contributed by atoms with E-state index in [1.807, 2.05) is 24.3 Å². The SMILES string of the molecule is COc1ccc(Nc2nccc(C(=O)NC3CCCC3)n2)cc1. The zero-order chi connectivity index (χ0) is 16.1. The van der Waals surface area contributed by atoms with E-state index in [0.29, 0.717) is 11.6 Å². The van der Waals surface area contributed by atoms with Crippen molar-refractivity contribution in [1.82, 2.24) is 15.3 Å². The zero-order valence-electron chi connectivity index (χ0n) is 13.1. The average molecular weight is 312 g/mol. The van der Waals surface area contributed by atoms with Gasteiger partial charge in [0.2, 0.25) is 5.95 Å². The summed E-state index contributed by atoms with van der Waals surface area (Å²) in [6.45, 7) is 0. The summed E-state index contributed by atoms with van der Waals surface area (Å²) in [5.41, 5.74) is 1.21. The van der Waals surface area contributed by atoms with Gasteiger partial charge in [0, 0.05) is 17.9 Å². The van der Waals surface area contributed by atoms with Crippen LogP contribution < -0.4 is 15.4 Å². The summed E-state index contributed by atoms with van der Waals surface area (Å²) in [7, 11) is 1.62. The van der Waals surface area contributed by atoms with Crippen molar-refractivity contribution in [3.63, 3.8) is 0 Å². The molecule has 2 aromatic rings. The van der Waals surface area contributed by atoms with Crippen molar-refractivity contribution in [3.05, 3.63) is 42.2 Å². The van der Waals surface area contributed by atoms with E-state index in [4.69, 9.17) is 4.74 Å².